The van der Waals surface area contributed by atoms with Gasteiger partial charge in [0.1, 0.15) is 16.5 Å². The molecule has 2 rings (SSSR count). The average Bonchev–Trinajstić information content (AvgIpc) is 2.53. The summed E-state index contributed by atoms with van der Waals surface area (Å²) in [6.45, 7) is 0. The molecule has 0 aliphatic rings. The summed E-state index contributed by atoms with van der Waals surface area (Å²) >= 11 is -1.16. The minimum atomic E-state index is -6.55. The minimum Gasteiger partial charge on any atom is -0.281 e. The van der Waals surface area contributed by atoms with Crippen molar-refractivity contribution in [1.29, 1.82) is 0 Å². The molecule has 28 heavy (non-hydrogen) atoms. The molecule has 2 aromatic rings. The zero-order valence-corrected chi connectivity index (χ0v) is 15.6. The van der Waals surface area contributed by atoms with Crippen molar-refractivity contribution in [1.82, 2.24) is 0 Å². The molecule has 0 amide bonds. The van der Waals surface area contributed by atoms with Gasteiger partial charge in [-0.25, -0.2) is 17.2 Å². The lowest BCUT2D eigenvalue weighted by atomic mass is 10.3. The van der Waals surface area contributed by atoms with Gasteiger partial charge in [0, 0.05) is 11.0 Å². The molecule has 0 fully saturated rings. The van der Waals surface area contributed by atoms with E-state index in [0.29, 0.717) is 24.3 Å². The summed E-state index contributed by atoms with van der Waals surface area (Å²) in [7, 11) is -11.5. The van der Waals surface area contributed by atoms with Crippen LogP contribution in [0.25, 0.3) is 0 Å². The van der Waals surface area contributed by atoms with E-state index in [4.69, 9.17) is 4.55 Å². The number of hydrogen-bond acceptors (Lipinski definition) is 5. The van der Waals surface area contributed by atoms with E-state index in [1.165, 1.54) is 0 Å². The lowest BCUT2D eigenvalue weighted by Gasteiger charge is -2.23. The second-order valence-corrected chi connectivity index (χ2v) is 9.64. The number of rotatable bonds is 6. The quantitative estimate of drug-likeness (QED) is 0.300. The van der Waals surface area contributed by atoms with E-state index in [0.717, 1.165) is 12.1 Å². The predicted octanol–water partition coefficient (Wildman–Crippen LogP) is 3.96. The molecule has 0 unspecified atom stereocenters. The van der Waals surface area contributed by atoms with E-state index in [1.807, 2.05) is 0 Å². The Hall–Kier alpha value is -1.77. The van der Waals surface area contributed by atoms with Gasteiger partial charge < -0.3 is 0 Å². The van der Waals surface area contributed by atoms with Gasteiger partial charge in [-0.15, -0.1) is 0 Å². The van der Waals surface area contributed by atoms with Gasteiger partial charge in [-0.2, -0.15) is 26.0 Å². The standard InChI is InChI=1S/C14H8F6O5S3/c15-8-5-6-11(9(16)7-8)27(21,22)12-4-2-1-3-10(12)26-13(17,18)14(19,20)28(23,24)25/h1-7H,(H,23,24,25). The van der Waals surface area contributed by atoms with Crippen LogP contribution in [0.5, 0.6) is 0 Å². The topological polar surface area (TPSA) is 88.5 Å². The Labute approximate surface area is 159 Å². The van der Waals surface area contributed by atoms with Crippen LogP contribution in [0.1, 0.15) is 0 Å². The Kier molecular flexibility index (Phi) is 5.82. The predicted molar refractivity (Wildman–Crippen MR) is 85.6 cm³/mol. The summed E-state index contributed by atoms with van der Waals surface area (Å²) in [6, 6.07) is 4.61. The number of alkyl halides is 4. The first-order chi connectivity index (χ1) is 12.6. The molecule has 5 nitrogen and oxygen atoms in total. The van der Waals surface area contributed by atoms with Gasteiger partial charge in [-0.1, -0.05) is 12.1 Å². The molecular formula is C14H8F6O5S3. The molecule has 0 radical (unpaired) electrons. The number of sulfone groups is 1. The number of halogens is 6. The number of thioether (sulfide) groups is 1. The highest BCUT2D eigenvalue weighted by atomic mass is 32.2. The van der Waals surface area contributed by atoms with Crippen molar-refractivity contribution in [2.45, 2.75) is 25.2 Å². The number of hydrogen-bond donors (Lipinski definition) is 1. The SMILES string of the molecule is O=S(=O)(c1ccc(F)cc1F)c1ccccc1SC(F)(F)C(F)(F)S(=O)(=O)O. The van der Waals surface area contributed by atoms with Gasteiger partial charge in [0.2, 0.25) is 9.84 Å². The van der Waals surface area contributed by atoms with Gasteiger partial charge in [0.25, 0.3) is 0 Å². The molecule has 0 atom stereocenters. The highest BCUT2D eigenvalue weighted by Crippen LogP contribution is 2.50. The lowest BCUT2D eigenvalue weighted by molar-refractivity contribution is -0.0947. The van der Waals surface area contributed by atoms with Gasteiger partial charge in [0.05, 0.1) is 4.90 Å². The normalized spacial score (nSPS) is 13.5. The van der Waals surface area contributed by atoms with E-state index in [9.17, 15) is 43.2 Å². The Morgan fingerprint density at radius 2 is 1.43 bits per heavy atom. The van der Waals surface area contributed by atoms with E-state index in [2.05, 4.69) is 0 Å². The summed E-state index contributed by atoms with van der Waals surface area (Å²) in [5.41, 5.74) is 0. The Balaban J connectivity index is 2.60. The van der Waals surface area contributed by atoms with E-state index in [-0.39, 0.29) is 6.07 Å². The molecule has 0 bridgehead atoms. The maximum Gasteiger partial charge on any atom is 0.442 e. The molecular weight excluding hydrogens is 458 g/mol. The Morgan fingerprint density at radius 3 is 1.96 bits per heavy atom. The summed E-state index contributed by atoms with van der Waals surface area (Å²) < 4.78 is 136. The van der Waals surface area contributed by atoms with Crippen LogP contribution < -0.4 is 0 Å². The van der Waals surface area contributed by atoms with Crippen molar-refractivity contribution in [3.05, 3.63) is 54.1 Å². The third-order valence-corrected chi connectivity index (χ3v) is 7.32. The first-order valence-electron chi connectivity index (χ1n) is 6.82. The number of benzene rings is 2. The van der Waals surface area contributed by atoms with Crippen molar-refractivity contribution in [3.63, 3.8) is 0 Å². The maximum atomic E-state index is 13.8. The fourth-order valence-electron chi connectivity index (χ4n) is 1.92. The van der Waals surface area contributed by atoms with Gasteiger partial charge in [0.15, 0.2) is 0 Å². The molecule has 154 valence electrons. The first-order valence-corrected chi connectivity index (χ1v) is 10.6. The molecule has 0 aliphatic heterocycles. The molecule has 2 aromatic carbocycles. The van der Waals surface area contributed by atoms with Gasteiger partial charge in [-0.05, 0) is 36.0 Å². The molecule has 0 aromatic heterocycles. The van der Waals surface area contributed by atoms with Crippen molar-refractivity contribution in [3.8, 4) is 0 Å². The van der Waals surface area contributed by atoms with Crippen LogP contribution in [0.15, 0.2) is 57.2 Å². The molecule has 14 heteroatoms. The maximum absolute atomic E-state index is 13.8. The van der Waals surface area contributed by atoms with Crippen LogP contribution in [0.4, 0.5) is 26.3 Å². The largest absolute Gasteiger partial charge is 0.442 e. The van der Waals surface area contributed by atoms with Crippen molar-refractivity contribution < 1.29 is 47.7 Å². The second kappa shape index (κ2) is 7.24. The van der Waals surface area contributed by atoms with Crippen LogP contribution in [0, 0.1) is 11.6 Å². The third kappa shape index (κ3) is 3.99. The average molecular weight is 466 g/mol. The first kappa shape index (κ1) is 22.5. The summed E-state index contributed by atoms with van der Waals surface area (Å²) in [5.74, 6) is -2.69. The fourth-order valence-corrected chi connectivity index (χ4v) is 5.21. The molecule has 0 spiro atoms. The molecule has 0 saturated carbocycles. The van der Waals surface area contributed by atoms with Gasteiger partial charge in [-0.3, -0.25) is 4.55 Å². The van der Waals surface area contributed by atoms with Crippen molar-refractivity contribution >= 4 is 31.7 Å². The van der Waals surface area contributed by atoms with Crippen molar-refractivity contribution in [2.24, 2.45) is 0 Å². The Bertz CT molecular complexity index is 1120. The third-order valence-electron chi connectivity index (χ3n) is 3.22. The fraction of sp³-hybridized carbons (Fsp3) is 0.143. The molecule has 0 saturated heterocycles. The smallest absolute Gasteiger partial charge is 0.281 e. The monoisotopic (exact) mass is 466 g/mol. The zero-order chi connectivity index (χ0) is 21.5. The minimum absolute atomic E-state index is 0.212. The van der Waals surface area contributed by atoms with Gasteiger partial charge >= 0.3 is 20.6 Å². The van der Waals surface area contributed by atoms with E-state index < -0.39 is 68.5 Å². The highest BCUT2D eigenvalue weighted by Gasteiger charge is 2.66. The van der Waals surface area contributed by atoms with E-state index in [1.54, 1.807) is 0 Å². The van der Waals surface area contributed by atoms with Crippen LogP contribution >= 0.6 is 11.8 Å². The molecule has 1 N–H and O–H groups in total. The summed E-state index contributed by atoms with van der Waals surface area (Å²) in [5, 5.41) is -11.4. The zero-order valence-electron chi connectivity index (χ0n) is 13.1. The Morgan fingerprint density at radius 1 is 0.857 bits per heavy atom. The molecule has 0 aliphatic carbocycles. The summed E-state index contributed by atoms with van der Waals surface area (Å²) in [4.78, 5) is -3.23. The van der Waals surface area contributed by atoms with Crippen LogP contribution in [-0.4, -0.2) is 31.9 Å². The highest BCUT2D eigenvalue weighted by molar-refractivity contribution is 8.02. The van der Waals surface area contributed by atoms with Crippen LogP contribution in [0.3, 0.4) is 0 Å². The van der Waals surface area contributed by atoms with Crippen molar-refractivity contribution in [2.75, 3.05) is 0 Å². The molecule has 0 heterocycles. The second-order valence-electron chi connectivity index (χ2n) is 5.14. The van der Waals surface area contributed by atoms with E-state index >= 15 is 0 Å². The van der Waals surface area contributed by atoms with Crippen LogP contribution in [-0.2, 0) is 20.0 Å². The summed E-state index contributed by atoms with van der Waals surface area (Å²) in [6.07, 6.45) is 0. The van der Waals surface area contributed by atoms with Crippen LogP contribution in [0.2, 0.25) is 0 Å². The lowest BCUT2D eigenvalue weighted by Crippen LogP contribution is -2.44.